The second-order valence-corrected chi connectivity index (χ2v) is 3.28. The van der Waals surface area contributed by atoms with Gasteiger partial charge in [0.2, 0.25) is 0 Å². The summed E-state index contributed by atoms with van der Waals surface area (Å²) in [4.78, 5) is 14.4. The zero-order valence-corrected chi connectivity index (χ0v) is 8.75. The summed E-state index contributed by atoms with van der Waals surface area (Å²) in [7, 11) is 0. The summed E-state index contributed by atoms with van der Waals surface area (Å²) in [6.45, 7) is 0. The van der Waals surface area contributed by atoms with Crippen molar-refractivity contribution in [3.8, 4) is 6.07 Å². The van der Waals surface area contributed by atoms with Crippen molar-refractivity contribution in [2.45, 2.75) is 6.43 Å². The highest BCUT2D eigenvalue weighted by molar-refractivity contribution is 9.10. The van der Waals surface area contributed by atoms with Gasteiger partial charge in [-0.3, -0.25) is 4.79 Å². The summed E-state index contributed by atoms with van der Waals surface area (Å²) in [5.41, 5.74) is 3.39. The van der Waals surface area contributed by atoms with E-state index >= 15 is 0 Å². The third-order valence-electron chi connectivity index (χ3n) is 1.67. The van der Waals surface area contributed by atoms with E-state index in [1.807, 2.05) is 0 Å². The second-order valence-electron chi connectivity index (χ2n) is 2.53. The quantitative estimate of drug-likeness (QED) is 0.835. The summed E-state index contributed by atoms with van der Waals surface area (Å²) < 4.78 is 25.2. The van der Waals surface area contributed by atoms with Crippen molar-refractivity contribution in [1.29, 1.82) is 5.26 Å². The average Bonchev–Trinajstić information content (AvgIpc) is 2.16. The number of rotatable bonds is 2. The van der Waals surface area contributed by atoms with Crippen molar-refractivity contribution in [2.24, 2.45) is 5.73 Å². The number of alkyl halides is 2. The molecular weight excluding hydrogens is 272 g/mol. The predicted molar refractivity (Wildman–Crippen MR) is 50.1 cm³/mol. The summed E-state index contributed by atoms with van der Waals surface area (Å²) in [6, 6.07) is 1.54. The third kappa shape index (κ3) is 2.10. The Labute approximate surface area is 91.8 Å². The van der Waals surface area contributed by atoms with Gasteiger partial charge in [-0.15, -0.1) is 0 Å². The van der Waals surface area contributed by atoms with Crippen molar-refractivity contribution < 1.29 is 13.6 Å². The van der Waals surface area contributed by atoms with Crippen LogP contribution in [0.15, 0.2) is 10.8 Å². The topological polar surface area (TPSA) is 79.8 Å². The summed E-state index contributed by atoms with van der Waals surface area (Å²) in [5, 5.41) is 8.65. The monoisotopic (exact) mass is 275 g/mol. The molecule has 0 unspecified atom stereocenters. The third-order valence-corrected chi connectivity index (χ3v) is 2.27. The maximum atomic E-state index is 12.6. The normalized spacial score (nSPS) is 10.1. The average molecular weight is 276 g/mol. The highest BCUT2D eigenvalue weighted by Crippen LogP contribution is 2.29. The van der Waals surface area contributed by atoms with Gasteiger partial charge in [-0.05, 0) is 15.9 Å². The number of carbonyl (C=O) groups is 1. The van der Waals surface area contributed by atoms with Crippen molar-refractivity contribution in [2.75, 3.05) is 0 Å². The number of nitrogens with two attached hydrogens (primary N) is 1. The van der Waals surface area contributed by atoms with Gasteiger partial charge in [0.1, 0.15) is 10.7 Å². The first-order chi connectivity index (χ1) is 6.99. The van der Waals surface area contributed by atoms with Crippen LogP contribution in [0.5, 0.6) is 0 Å². The number of amides is 1. The van der Waals surface area contributed by atoms with Crippen LogP contribution in [0, 0.1) is 11.3 Å². The molecule has 78 valence electrons. The molecule has 0 fully saturated rings. The Balaban J connectivity index is 3.58. The number of primary amides is 1. The van der Waals surface area contributed by atoms with Crippen LogP contribution in [0.1, 0.15) is 27.9 Å². The Morgan fingerprint density at radius 2 is 2.27 bits per heavy atom. The van der Waals surface area contributed by atoms with Gasteiger partial charge in [0.05, 0.1) is 16.7 Å². The number of halogens is 3. The Morgan fingerprint density at radius 1 is 1.67 bits per heavy atom. The van der Waals surface area contributed by atoms with Crippen LogP contribution >= 0.6 is 15.9 Å². The van der Waals surface area contributed by atoms with Gasteiger partial charge in [-0.2, -0.15) is 5.26 Å². The fraction of sp³-hybridized carbons (Fsp3) is 0.125. The molecule has 0 aliphatic rings. The largest absolute Gasteiger partial charge is 0.366 e. The molecule has 0 radical (unpaired) electrons. The summed E-state index contributed by atoms with van der Waals surface area (Å²) in [5.74, 6) is -1.04. The molecule has 1 rings (SSSR count). The van der Waals surface area contributed by atoms with Crippen LogP contribution in [0.4, 0.5) is 8.78 Å². The van der Waals surface area contributed by atoms with Gasteiger partial charge in [-0.25, -0.2) is 13.8 Å². The van der Waals surface area contributed by atoms with Crippen LogP contribution in [0.2, 0.25) is 0 Å². The van der Waals surface area contributed by atoms with Crippen LogP contribution in [-0.2, 0) is 0 Å². The fourth-order valence-electron chi connectivity index (χ4n) is 1.03. The van der Waals surface area contributed by atoms with Crippen LogP contribution in [-0.4, -0.2) is 10.9 Å². The molecule has 1 heterocycles. The molecule has 7 heteroatoms. The maximum Gasteiger partial charge on any atom is 0.266 e. The van der Waals surface area contributed by atoms with E-state index in [0.29, 0.717) is 0 Å². The Kier molecular flexibility index (Phi) is 3.31. The van der Waals surface area contributed by atoms with Gasteiger partial charge < -0.3 is 5.73 Å². The van der Waals surface area contributed by atoms with E-state index in [4.69, 9.17) is 11.0 Å². The molecule has 1 aromatic rings. The van der Waals surface area contributed by atoms with Gasteiger partial charge in [0.25, 0.3) is 12.3 Å². The molecule has 0 aliphatic carbocycles. The lowest BCUT2D eigenvalue weighted by Gasteiger charge is -2.07. The van der Waals surface area contributed by atoms with E-state index < -0.39 is 23.5 Å². The molecule has 0 saturated heterocycles. The molecule has 0 atom stereocenters. The second kappa shape index (κ2) is 4.31. The molecule has 0 aromatic carbocycles. The number of carbonyl (C=O) groups excluding carboxylic acids is 1. The van der Waals surface area contributed by atoms with E-state index in [9.17, 15) is 13.6 Å². The van der Waals surface area contributed by atoms with E-state index in [1.54, 1.807) is 6.07 Å². The number of nitrogens with zero attached hydrogens (tertiary/aromatic N) is 2. The van der Waals surface area contributed by atoms with Crippen LogP contribution in [0.25, 0.3) is 0 Å². The predicted octanol–water partition coefficient (Wildman–Crippen LogP) is 1.75. The highest BCUT2D eigenvalue weighted by Gasteiger charge is 2.23. The lowest BCUT2D eigenvalue weighted by molar-refractivity contribution is 0.0985. The van der Waals surface area contributed by atoms with E-state index in [-0.39, 0.29) is 10.2 Å². The van der Waals surface area contributed by atoms with Gasteiger partial charge in [-0.1, -0.05) is 0 Å². The number of nitriles is 1. The zero-order valence-electron chi connectivity index (χ0n) is 7.17. The van der Waals surface area contributed by atoms with Crippen molar-refractivity contribution in [3.05, 3.63) is 27.5 Å². The molecule has 0 spiro atoms. The Morgan fingerprint density at radius 3 is 2.67 bits per heavy atom. The number of aromatic nitrogens is 1. The first kappa shape index (κ1) is 11.5. The van der Waals surface area contributed by atoms with Gasteiger partial charge in [0, 0.05) is 6.20 Å². The standard InChI is InChI=1S/C8H4BrF2N3O/c9-6-3(1-12)5(7(10)11)4(2-14-6)8(13)15/h2,7H,(H2,13,15). The van der Waals surface area contributed by atoms with Crippen LogP contribution in [0.3, 0.4) is 0 Å². The zero-order chi connectivity index (χ0) is 11.6. The smallest absolute Gasteiger partial charge is 0.266 e. The minimum atomic E-state index is -2.96. The Bertz CT molecular complexity index is 456. The van der Waals surface area contributed by atoms with Crippen molar-refractivity contribution >= 4 is 21.8 Å². The lowest BCUT2D eigenvalue weighted by atomic mass is 10.1. The minimum Gasteiger partial charge on any atom is -0.366 e. The number of hydrogen-bond donors (Lipinski definition) is 1. The molecule has 1 aromatic heterocycles. The molecule has 0 aliphatic heterocycles. The van der Waals surface area contributed by atoms with E-state index in [0.717, 1.165) is 6.20 Å². The van der Waals surface area contributed by atoms with Crippen molar-refractivity contribution in [3.63, 3.8) is 0 Å². The summed E-state index contributed by atoms with van der Waals surface area (Å²) in [6.07, 6.45) is -2.05. The van der Waals surface area contributed by atoms with Crippen molar-refractivity contribution in [1.82, 2.24) is 4.98 Å². The maximum absolute atomic E-state index is 12.6. The van der Waals surface area contributed by atoms with E-state index in [1.165, 1.54) is 0 Å². The van der Waals surface area contributed by atoms with Gasteiger partial charge in [0.15, 0.2) is 0 Å². The SMILES string of the molecule is N#Cc1c(Br)ncc(C(N)=O)c1C(F)F. The molecule has 2 N–H and O–H groups in total. The molecule has 0 bridgehead atoms. The molecular formula is C8H4BrF2N3O. The molecule has 0 saturated carbocycles. The van der Waals surface area contributed by atoms with E-state index in [2.05, 4.69) is 20.9 Å². The van der Waals surface area contributed by atoms with Gasteiger partial charge >= 0.3 is 0 Å². The first-order valence-electron chi connectivity index (χ1n) is 3.65. The molecule has 15 heavy (non-hydrogen) atoms. The number of hydrogen-bond acceptors (Lipinski definition) is 3. The Hall–Kier alpha value is -1.55. The van der Waals surface area contributed by atoms with Crippen LogP contribution < -0.4 is 5.73 Å². The molecule has 1 amide bonds. The fourth-order valence-corrected chi connectivity index (χ4v) is 1.44. The summed E-state index contributed by atoms with van der Waals surface area (Å²) >= 11 is 2.84. The molecule has 4 nitrogen and oxygen atoms in total. The lowest BCUT2D eigenvalue weighted by Crippen LogP contribution is -2.16. The number of pyridine rings is 1. The minimum absolute atomic E-state index is 0.0368. The first-order valence-corrected chi connectivity index (χ1v) is 4.44. The highest BCUT2D eigenvalue weighted by atomic mass is 79.9.